The molecule has 0 aliphatic heterocycles. The molecule has 6 heteroatoms. The van der Waals surface area contributed by atoms with Crippen molar-refractivity contribution in [2.75, 3.05) is 30.3 Å². The molecule has 1 aromatic rings. The Morgan fingerprint density at radius 3 is 2.30 bits per heavy atom. The van der Waals surface area contributed by atoms with E-state index in [4.69, 9.17) is 4.74 Å². The molecule has 0 fully saturated rings. The van der Waals surface area contributed by atoms with Gasteiger partial charge in [-0.2, -0.15) is 4.98 Å². The van der Waals surface area contributed by atoms with E-state index in [-0.39, 0.29) is 12.4 Å². The molecule has 0 saturated heterocycles. The molecule has 0 unspecified atom stereocenters. The van der Waals surface area contributed by atoms with Gasteiger partial charge in [0.1, 0.15) is 0 Å². The monoisotopic (exact) mass is 302 g/mol. The van der Waals surface area contributed by atoms with E-state index < -0.39 is 0 Å². The van der Waals surface area contributed by atoms with E-state index in [1.807, 2.05) is 6.92 Å². The van der Waals surface area contributed by atoms with E-state index in [2.05, 4.69) is 34.4 Å². The molecule has 0 spiro atoms. The third-order valence-electron chi connectivity index (χ3n) is 2.69. The molecule has 1 heterocycles. The van der Waals surface area contributed by atoms with E-state index >= 15 is 0 Å². The smallest absolute Gasteiger partial charge is 0.224 e. The highest BCUT2D eigenvalue weighted by Crippen LogP contribution is 2.22. The first kappa shape index (κ1) is 18.8. The maximum Gasteiger partial charge on any atom is 0.224 e. The minimum Gasteiger partial charge on any atom is -0.488 e. The average molecular weight is 303 g/mol. The van der Waals surface area contributed by atoms with Crippen LogP contribution in [-0.4, -0.2) is 29.7 Å². The van der Waals surface area contributed by atoms with Crippen molar-refractivity contribution in [1.82, 2.24) is 9.97 Å². The lowest BCUT2D eigenvalue weighted by Gasteiger charge is -2.12. The Balaban J connectivity index is 0.00000361. The van der Waals surface area contributed by atoms with Gasteiger partial charge in [0, 0.05) is 13.1 Å². The third kappa shape index (κ3) is 6.80. The molecule has 0 atom stereocenters. The fraction of sp³-hybridized carbons (Fsp3) is 0.714. The van der Waals surface area contributed by atoms with Crippen molar-refractivity contribution in [2.45, 2.75) is 46.5 Å². The van der Waals surface area contributed by atoms with Crippen LogP contribution in [0.15, 0.2) is 6.20 Å². The number of halogens is 1. The van der Waals surface area contributed by atoms with Crippen LogP contribution < -0.4 is 15.4 Å². The summed E-state index contributed by atoms with van der Waals surface area (Å²) >= 11 is 0. The quantitative estimate of drug-likeness (QED) is 0.645. The molecule has 0 saturated carbocycles. The van der Waals surface area contributed by atoms with Gasteiger partial charge in [-0.25, -0.2) is 4.98 Å². The lowest BCUT2D eigenvalue weighted by atomic mass is 10.3. The first-order chi connectivity index (χ1) is 9.31. The molecule has 116 valence electrons. The molecular formula is C14H27ClN4O. The van der Waals surface area contributed by atoms with Gasteiger partial charge < -0.3 is 15.4 Å². The molecule has 0 radical (unpaired) electrons. The van der Waals surface area contributed by atoms with Crippen molar-refractivity contribution in [3.8, 4) is 5.75 Å². The van der Waals surface area contributed by atoms with Crippen LogP contribution >= 0.6 is 12.4 Å². The van der Waals surface area contributed by atoms with Crippen LogP contribution in [0.4, 0.5) is 11.8 Å². The van der Waals surface area contributed by atoms with Crippen molar-refractivity contribution in [1.29, 1.82) is 0 Å². The third-order valence-corrected chi connectivity index (χ3v) is 2.69. The molecule has 5 nitrogen and oxygen atoms in total. The zero-order chi connectivity index (χ0) is 13.9. The number of unbranched alkanes of at least 4 members (excludes halogenated alkanes) is 2. The summed E-state index contributed by atoms with van der Waals surface area (Å²) in [6, 6.07) is 0. The fourth-order valence-corrected chi connectivity index (χ4v) is 1.60. The van der Waals surface area contributed by atoms with Crippen molar-refractivity contribution in [3.05, 3.63) is 6.20 Å². The highest BCUT2D eigenvalue weighted by atomic mass is 35.5. The van der Waals surface area contributed by atoms with Crippen molar-refractivity contribution in [2.24, 2.45) is 0 Å². The van der Waals surface area contributed by atoms with Crippen molar-refractivity contribution >= 4 is 24.2 Å². The minimum absolute atomic E-state index is 0. The Bertz CT molecular complexity index is 363. The molecular weight excluding hydrogens is 276 g/mol. The van der Waals surface area contributed by atoms with Crippen LogP contribution in [-0.2, 0) is 0 Å². The zero-order valence-electron chi connectivity index (χ0n) is 12.7. The first-order valence-electron chi connectivity index (χ1n) is 7.29. The van der Waals surface area contributed by atoms with Gasteiger partial charge >= 0.3 is 0 Å². The minimum atomic E-state index is 0. The number of hydrogen-bond acceptors (Lipinski definition) is 5. The first-order valence-corrected chi connectivity index (χ1v) is 7.29. The normalized spacial score (nSPS) is 9.75. The number of aromatic nitrogens is 2. The van der Waals surface area contributed by atoms with Gasteiger partial charge in [0.05, 0.1) is 12.8 Å². The molecule has 0 amide bonds. The molecule has 2 N–H and O–H groups in total. The number of rotatable bonds is 10. The Hall–Kier alpha value is -1.23. The van der Waals surface area contributed by atoms with Gasteiger partial charge in [-0.05, 0) is 19.8 Å². The Morgan fingerprint density at radius 1 is 1.05 bits per heavy atom. The van der Waals surface area contributed by atoms with Crippen LogP contribution in [0.1, 0.15) is 46.5 Å². The van der Waals surface area contributed by atoms with Gasteiger partial charge in [0.25, 0.3) is 0 Å². The van der Waals surface area contributed by atoms with Gasteiger partial charge in [0.2, 0.25) is 5.95 Å². The standard InChI is InChI=1S/C14H26N4O.ClH/c1-4-7-9-15-13-12(19-6-3)11-17-14(18-13)16-10-8-5-2;/h11H,4-10H2,1-3H3,(H2,15,16,17,18);1H. The molecule has 0 aromatic carbocycles. The van der Waals surface area contributed by atoms with Crippen LogP contribution in [0.3, 0.4) is 0 Å². The van der Waals surface area contributed by atoms with Gasteiger partial charge in [-0.3, -0.25) is 0 Å². The molecule has 1 rings (SSSR count). The number of nitrogens with zero attached hydrogens (tertiary/aromatic N) is 2. The molecule has 0 aliphatic carbocycles. The van der Waals surface area contributed by atoms with E-state index in [1.165, 1.54) is 0 Å². The Kier molecular flexibility index (Phi) is 10.9. The number of ether oxygens (including phenoxy) is 1. The highest BCUT2D eigenvalue weighted by Gasteiger charge is 2.07. The van der Waals surface area contributed by atoms with Crippen LogP contribution in [0.2, 0.25) is 0 Å². The summed E-state index contributed by atoms with van der Waals surface area (Å²) in [6.07, 6.45) is 6.29. The van der Waals surface area contributed by atoms with Crippen molar-refractivity contribution in [3.63, 3.8) is 0 Å². The Morgan fingerprint density at radius 2 is 1.70 bits per heavy atom. The SMILES string of the molecule is CCCCNc1ncc(OCC)c(NCCCC)n1.Cl. The predicted octanol–water partition coefficient (Wildman–Crippen LogP) is 3.72. The number of nitrogens with one attached hydrogen (secondary N) is 2. The van der Waals surface area contributed by atoms with Crippen LogP contribution in [0, 0.1) is 0 Å². The second kappa shape index (κ2) is 11.6. The highest BCUT2D eigenvalue weighted by molar-refractivity contribution is 5.85. The van der Waals surface area contributed by atoms with Crippen LogP contribution in [0.25, 0.3) is 0 Å². The van der Waals surface area contributed by atoms with E-state index in [1.54, 1.807) is 6.20 Å². The van der Waals surface area contributed by atoms with Gasteiger partial charge in [0.15, 0.2) is 11.6 Å². The summed E-state index contributed by atoms with van der Waals surface area (Å²) in [5.41, 5.74) is 0. The summed E-state index contributed by atoms with van der Waals surface area (Å²) in [5.74, 6) is 2.17. The summed E-state index contributed by atoms with van der Waals surface area (Å²) < 4.78 is 5.53. The number of anilines is 2. The largest absolute Gasteiger partial charge is 0.488 e. The maximum absolute atomic E-state index is 5.53. The van der Waals surface area contributed by atoms with E-state index in [9.17, 15) is 0 Å². The molecule has 1 aromatic heterocycles. The maximum atomic E-state index is 5.53. The topological polar surface area (TPSA) is 59.1 Å². The summed E-state index contributed by atoms with van der Waals surface area (Å²) in [6.45, 7) is 8.72. The average Bonchev–Trinajstić information content (AvgIpc) is 2.42. The number of hydrogen-bond donors (Lipinski definition) is 2. The summed E-state index contributed by atoms with van der Waals surface area (Å²) in [7, 11) is 0. The van der Waals surface area contributed by atoms with E-state index in [0.717, 1.165) is 50.3 Å². The molecule has 20 heavy (non-hydrogen) atoms. The molecule has 0 bridgehead atoms. The van der Waals surface area contributed by atoms with Crippen LogP contribution in [0.5, 0.6) is 5.75 Å². The van der Waals surface area contributed by atoms with Gasteiger partial charge in [-0.1, -0.05) is 26.7 Å². The second-order valence-corrected chi connectivity index (χ2v) is 4.40. The second-order valence-electron chi connectivity index (χ2n) is 4.40. The van der Waals surface area contributed by atoms with Gasteiger partial charge in [-0.15, -0.1) is 12.4 Å². The lowest BCUT2D eigenvalue weighted by Crippen LogP contribution is -2.10. The summed E-state index contributed by atoms with van der Waals surface area (Å²) in [4.78, 5) is 8.75. The predicted molar refractivity (Wildman–Crippen MR) is 87.2 cm³/mol. The zero-order valence-corrected chi connectivity index (χ0v) is 13.6. The Labute approximate surface area is 128 Å². The summed E-state index contributed by atoms with van der Waals surface area (Å²) in [5, 5.41) is 6.54. The molecule has 0 aliphatic rings. The lowest BCUT2D eigenvalue weighted by molar-refractivity contribution is 0.339. The van der Waals surface area contributed by atoms with Crippen molar-refractivity contribution < 1.29 is 4.74 Å². The fourth-order valence-electron chi connectivity index (χ4n) is 1.60. The van der Waals surface area contributed by atoms with E-state index in [0.29, 0.717) is 12.6 Å².